The molecule has 0 aromatic heterocycles. The summed E-state index contributed by atoms with van der Waals surface area (Å²) in [5.41, 5.74) is 8.42. The number of rotatable bonds is 5. The van der Waals surface area contributed by atoms with E-state index in [-0.39, 0.29) is 5.92 Å². The highest BCUT2D eigenvalue weighted by Gasteiger charge is 2.20. The molecule has 0 heterocycles. The van der Waals surface area contributed by atoms with Gasteiger partial charge in [0.25, 0.3) is 0 Å². The number of halogens is 1. The molecule has 0 bridgehead atoms. The van der Waals surface area contributed by atoms with Gasteiger partial charge in [-0.25, -0.2) is 0 Å². The Bertz CT molecular complexity index is 556. The summed E-state index contributed by atoms with van der Waals surface area (Å²) in [5, 5.41) is 0.628. The second-order valence-electron chi connectivity index (χ2n) is 4.94. The normalized spacial score (nSPS) is 13.8. The Morgan fingerprint density at radius 1 is 1.10 bits per heavy atom. The number of hydrogen-bond donors (Lipinski definition) is 1. The maximum absolute atomic E-state index is 6.22. The summed E-state index contributed by atoms with van der Waals surface area (Å²) in [7, 11) is 1.62. The summed E-state index contributed by atoms with van der Waals surface area (Å²) in [6.45, 7) is 2.78. The van der Waals surface area contributed by atoms with Gasteiger partial charge < -0.3 is 10.5 Å². The van der Waals surface area contributed by atoms with Crippen LogP contribution < -0.4 is 10.5 Å². The van der Waals surface area contributed by atoms with Crippen molar-refractivity contribution < 1.29 is 4.74 Å². The molecule has 2 aromatic rings. The Labute approximate surface area is 125 Å². The van der Waals surface area contributed by atoms with Crippen molar-refractivity contribution in [1.29, 1.82) is 0 Å². The first-order valence-electron chi connectivity index (χ1n) is 6.75. The van der Waals surface area contributed by atoms with Gasteiger partial charge >= 0.3 is 0 Å². The van der Waals surface area contributed by atoms with E-state index in [2.05, 4.69) is 31.2 Å². The fraction of sp³-hybridized carbons (Fsp3) is 0.294. The minimum atomic E-state index is 0.237. The standard InChI is InChI=1S/C17H20ClNO/c1-12(13-6-4-3-5-7-13)15(11-19)14-8-9-17(20-2)16(18)10-14/h3-10,12,15H,11,19H2,1-2H3. The second-order valence-corrected chi connectivity index (χ2v) is 5.34. The Balaban J connectivity index is 2.30. The van der Waals surface area contributed by atoms with Crippen LogP contribution in [0, 0.1) is 0 Å². The minimum Gasteiger partial charge on any atom is -0.495 e. The van der Waals surface area contributed by atoms with Crippen LogP contribution in [0.5, 0.6) is 5.75 Å². The summed E-state index contributed by atoms with van der Waals surface area (Å²) in [5.74, 6) is 1.27. The van der Waals surface area contributed by atoms with Crippen LogP contribution in [-0.4, -0.2) is 13.7 Å². The molecule has 2 N–H and O–H groups in total. The Hall–Kier alpha value is -1.51. The number of methoxy groups -OCH3 is 1. The van der Waals surface area contributed by atoms with Gasteiger partial charge in [0, 0.05) is 5.92 Å². The van der Waals surface area contributed by atoms with Crippen molar-refractivity contribution in [2.24, 2.45) is 5.73 Å². The molecule has 2 aromatic carbocycles. The molecule has 106 valence electrons. The van der Waals surface area contributed by atoms with E-state index in [1.807, 2.05) is 24.3 Å². The Morgan fingerprint density at radius 2 is 1.80 bits per heavy atom. The number of nitrogens with two attached hydrogens (primary N) is 1. The maximum atomic E-state index is 6.22. The molecular formula is C17H20ClNO. The summed E-state index contributed by atoms with van der Waals surface area (Å²) < 4.78 is 5.20. The molecule has 0 spiro atoms. The van der Waals surface area contributed by atoms with Crippen LogP contribution in [0.15, 0.2) is 48.5 Å². The van der Waals surface area contributed by atoms with E-state index < -0.39 is 0 Å². The predicted octanol–water partition coefficient (Wildman–Crippen LogP) is 4.19. The van der Waals surface area contributed by atoms with E-state index in [1.165, 1.54) is 5.56 Å². The number of hydrogen-bond acceptors (Lipinski definition) is 2. The topological polar surface area (TPSA) is 35.2 Å². The fourth-order valence-corrected chi connectivity index (χ4v) is 2.80. The van der Waals surface area contributed by atoms with Gasteiger partial charge in [-0.2, -0.15) is 0 Å². The third-order valence-electron chi connectivity index (χ3n) is 3.79. The van der Waals surface area contributed by atoms with Crippen molar-refractivity contribution in [1.82, 2.24) is 0 Å². The molecule has 2 rings (SSSR count). The number of ether oxygens (including phenoxy) is 1. The third-order valence-corrected chi connectivity index (χ3v) is 4.08. The summed E-state index contributed by atoms with van der Waals surface area (Å²) in [6.07, 6.45) is 0. The van der Waals surface area contributed by atoms with E-state index in [1.54, 1.807) is 7.11 Å². The van der Waals surface area contributed by atoms with E-state index in [0.717, 1.165) is 5.56 Å². The molecule has 0 saturated carbocycles. The first-order chi connectivity index (χ1) is 9.67. The van der Waals surface area contributed by atoms with Crippen molar-refractivity contribution >= 4 is 11.6 Å². The van der Waals surface area contributed by atoms with E-state index in [4.69, 9.17) is 22.1 Å². The lowest BCUT2D eigenvalue weighted by molar-refractivity contribution is 0.414. The Morgan fingerprint density at radius 3 is 2.35 bits per heavy atom. The molecule has 0 saturated heterocycles. The smallest absolute Gasteiger partial charge is 0.137 e. The van der Waals surface area contributed by atoms with Crippen LogP contribution in [0.1, 0.15) is 29.9 Å². The van der Waals surface area contributed by atoms with Gasteiger partial charge in [0.05, 0.1) is 12.1 Å². The zero-order valence-corrected chi connectivity index (χ0v) is 12.6. The number of benzene rings is 2. The highest BCUT2D eigenvalue weighted by molar-refractivity contribution is 6.32. The molecule has 2 nitrogen and oxygen atoms in total. The lowest BCUT2D eigenvalue weighted by Crippen LogP contribution is -2.18. The molecule has 2 unspecified atom stereocenters. The Kier molecular flexibility index (Phi) is 5.05. The van der Waals surface area contributed by atoms with Crippen LogP contribution in [0.2, 0.25) is 5.02 Å². The molecule has 0 aliphatic carbocycles. The maximum Gasteiger partial charge on any atom is 0.137 e. The SMILES string of the molecule is COc1ccc(C(CN)C(C)c2ccccc2)cc1Cl. The van der Waals surface area contributed by atoms with E-state index in [9.17, 15) is 0 Å². The van der Waals surface area contributed by atoms with Crippen LogP contribution in [0.3, 0.4) is 0 Å². The summed E-state index contributed by atoms with van der Waals surface area (Å²) in [4.78, 5) is 0. The fourth-order valence-electron chi connectivity index (χ4n) is 2.53. The van der Waals surface area contributed by atoms with Gasteiger partial charge in [0.2, 0.25) is 0 Å². The van der Waals surface area contributed by atoms with Gasteiger partial charge in [-0.05, 0) is 35.7 Å². The molecule has 2 atom stereocenters. The van der Waals surface area contributed by atoms with Crippen LogP contribution >= 0.6 is 11.6 Å². The van der Waals surface area contributed by atoms with Gasteiger partial charge in [-0.3, -0.25) is 0 Å². The monoisotopic (exact) mass is 289 g/mol. The van der Waals surface area contributed by atoms with Crippen LogP contribution in [0.25, 0.3) is 0 Å². The second kappa shape index (κ2) is 6.78. The van der Waals surface area contributed by atoms with Crippen molar-refractivity contribution in [3.63, 3.8) is 0 Å². The molecule has 20 heavy (non-hydrogen) atoms. The average Bonchev–Trinajstić information content (AvgIpc) is 2.49. The zero-order valence-electron chi connectivity index (χ0n) is 11.8. The first-order valence-corrected chi connectivity index (χ1v) is 7.13. The average molecular weight is 290 g/mol. The molecule has 0 aliphatic rings. The molecular weight excluding hydrogens is 270 g/mol. The molecule has 0 fully saturated rings. The molecule has 0 radical (unpaired) electrons. The minimum absolute atomic E-state index is 0.237. The lowest BCUT2D eigenvalue weighted by Gasteiger charge is -2.24. The summed E-state index contributed by atoms with van der Waals surface area (Å²) in [6, 6.07) is 16.3. The predicted molar refractivity (Wildman–Crippen MR) is 84.7 cm³/mol. The van der Waals surface area contributed by atoms with Gasteiger partial charge in [-0.1, -0.05) is 54.9 Å². The van der Waals surface area contributed by atoms with Crippen molar-refractivity contribution in [2.45, 2.75) is 18.8 Å². The highest BCUT2D eigenvalue weighted by atomic mass is 35.5. The van der Waals surface area contributed by atoms with Gasteiger partial charge in [0.1, 0.15) is 5.75 Å². The van der Waals surface area contributed by atoms with E-state index in [0.29, 0.717) is 23.2 Å². The van der Waals surface area contributed by atoms with Crippen molar-refractivity contribution in [3.05, 3.63) is 64.7 Å². The van der Waals surface area contributed by atoms with Crippen LogP contribution in [-0.2, 0) is 0 Å². The first kappa shape index (κ1) is 14.9. The molecule has 0 amide bonds. The van der Waals surface area contributed by atoms with Gasteiger partial charge in [0.15, 0.2) is 0 Å². The molecule has 0 aliphatic heterocycles. The van der Waals surface area contributed by atoms with Crippen LogP contribution in [0.4, 0.5) is 0 Å². The van der Waals surface area contributed by atoms with Crippen molar-refractivity contribution in [3.8, 4) is 5.75 Å². The van der Waals surface area contributed by atoms with Gasteiger partial charge in [-0.15, -0.1) is 0 Å². The highest BCUT2D eigenvalue weighted by Crippen LogP contribution is 2.35. The lowest BCUT2D eigenvalue weighted by atomic mass is 9.83. The molecule has 3 heteroatoms. The largest absolute Gasteiger partial charge is 0.495 e. The zero-order chi connectivity index (χ0) is 14.5. The van der Waals surface area contributed by atoms with E-state index >= 15 is 0 Å². The summed E-state index contributed by atoms with van der Waals surface area (Å²) >= 11 is 6.22. The van der Waals surface area contributed by atoms with Crippen molar-refractivity contribution in [2.75, 3.05) is 13.7 Å². The quantitative estimate of drug-likeness (QED) is 0.895. The third kappa shape index (κ3) is 3.14.